The molecule has 12 atom stereocenters. The summed E-state index contributed by atoms with van der Waals surface area (Å²) >= 11 is 0. The average Bonchev–Trinajstić information content (AvgIpc) is 1.74. The second-order valence-electron chi connectivity index (χ2n) is 25.7. The summed E-state index contributed by atoms with van der Waals surface area (Å²) in [4.78, 5) is 155. The monoisotopic (exact) mass is 1300 g/mol. The van der Waals surface area contributed by atoms with E-state index in [1.165, 1.54) is 21.3 Å². The Morgan fingerprint density at radius 1 is 0.753 bits per heavy atom. The van der Waals surface area contributed by atoms with Crippen molar-refractivity contribution in [1.29, 1.82) is 0 Å². The number of aliphatic hydroxyl groups excluding tert-OH is 1. The Labute approximate surface area is 546 Å². The van der Waals surface area contributed by atoms with Gasteiger partial charge < -0.3 is 72.1 Å². The SMILES string of the molecule is CC[C@H](C)[C@@H]([C@@H](CC(=O)N1CCC[C@H]1[C@H](OC)[C@@H](C)C(=O)N[C@H](C)[C@@H](O)c1ccccc1)OC)N(C)C(=O)[C@@H](NC(=O)[C@H](C(C)C)N(C)C(=O)OCc1ccc(NC(=O)[C@H](CCCNC(N)=O)NC(=O)[C@@H](NC(=O)C2(N3C(=O)C=CC3=O)CNC2)C(C)C)cc1)C(C)C. The molecule has 514 valence electrons. The van der Waals surface area contributed by atoms with Gasteiger partial charge in [-0.3, -0.25) is 53.0 Å². The highest BCUT2D eigenvalue weighted by molar-refractivity contribution is 6.16. The Morgan fingerprint density at radius 3 is 1.91 bits per heavy atom. The fraction of sp³-hybridized carbons (Fsp3) is 0.621. The lowest BCUT2D eigenvalue weighted by Gasteiger charge is -2.46. The molecule has 0 unspecified atom stereocenters. The molecular formula is C66H100N12O15. The van der Waals surface area contributed by atoms with Gasteiger partial charge in [-0.2, -0.15) is 0 Å². The summed E-state index contributed by atoms with van der Waals surface area (Å²) in [5.74, 6) is -7.28. The van der Waals surface area contributed by atoms with Gasteiger partial charge in [-0.05, 0) is 79.5 Å². The normalized spacial score (nSPS) is 18.8. The second kappa shape index (κ2) is 34.8. The van der Waals surface area contributed by atoms with E-state index in [4.69, 9.17) is 19.9 Å². The third kappa shape index (κ3) is 19.3. The van der Waals surface area contributed by atoms with Crippen LogP contribution in [-0.4, -0.2) is 205 Å². The molecule has 2 aromatic carbocycles. The van der Waals surface area contributed by atoms with Crippen molar-refractivity contribution in [2.45, 2.75) is 181 Å². The van der Waals surface area contributed by atoms with E-state index in [1.807, 2.05) is 32.0 Å². The topological polar surface area (TPSA) is 359 Å². The average molecular weight is 1300 g/mol. The summed E-state index contributed by atoms with van der Waals surface area (Å²) in [6, 6.07) is 8.31. The number of hydrogen-bond acceptors (Lipinski definition) is 16. The number of aliphatic hydroxyl groups is 1. The maximum absolute atomic E-state index is 14.8. The number of carbonyl (C=O) groups excluding carboxylic acids is 11. The van der Waals surface area contributed by atoms with Crippen LogP contribution >= 0.6 is 0 Å². The van der Waals surface area contributed by atoms with Gasteiger partial charge in [-0.25, -0.2) is 9.59 Å². The largest absolute Gasteiger partial charge is 0.445 e. The van der Waals surface area contributed by atoms with Gasteiger partial charge in [0, 0.05) is 72.3 Å². The van der Waals surface area contributed by atoms with Crippen LogP contribution in [0, 0.1) is 29.6 Å². The van der Waals surface area contributed by atoms with E-state index in [2.05, 4.69) is 37.2 Å². The van der Waals surface area contributed by atoms with E-state index in [0.29, 0.717) is 42.6 Å². The first kappa shape index (κ1) is 75.7. The number of ether oxygens (including phenoxy) is 3. The van der Waals surface area contributed by atoms with Crippen LogP contribution in [0.2, 0.25) is 0 Å². The lowest BCUT2D eigenvalue weighted by molar-refractivity contribution is -0.156. The van der Waals surface area contributed by atoms with Crippen LogP contribution in [0.15, 0.2) is 66.7 Å². The smallest absolute Gasteiger partial charge is 0.410 e. The van der Waals surface area contributed by atoms with E-state index in [1.54, 1.807) is 109 Å². The summed E-state index contributed by atoms with van der Waals surface area (Å²) in [6.07, 6.45) is 0.925. The van der Waals surface area contributed by atoms with Crippen LogP contribution in [0.5, 0.6) is 0 Å². The van der Waals surface area contributed by atoms with Crippen LogP contribution in [-0.2, 0) is 64.0 Å². The minimum absolute atomic E-state index is 0.0254. The molecule has 0 aliphatic carbocycles. The zero-order chi connectivity index (χ0) is 69.2. The Hall–Kier alpha value is -8.01. The van der Waals surface area contributed by atoms with Gasteiger partial charge in [0.2, 0.25) is 41.4 Å². The number of amides is 12. The highest BCUT2D eigenvalue weighted by Crippen LogP contribution is 2.31. The minimum atomic E-state index is -1.56. The standard InChI is InChI=1S/C66H100N12O15/c1-15-40(8)55(48(91-13)33-51(81)77-32-20-24-47(77)57(92-14)41(9)58(83)70-42(10)56(82)44-21-17-16-18-22-44)75(11)62(87)53(38(4)5)73-61(86)54(39(6)7)76(12)65(90)93-34-43-25-27-45(28-26-43)71-59(84)46(23-19-31-69-64(67)89)72-60(85)52(37(2)3)74-63(88)66(35-68-36-66)78-49(79)29-30-50(78)80/h16-18,21-22,25-30,37-42,46-48,52-57,68,82H,15,19-20,23-24,31-36H2,1-14H3,(H,70,83)(H,71,84)(H,72,85)(H,73,86)(H,74,88)(H3,67,69,89)/t40-,41+,42+,46-,47-,48+,52-,53-,54-,55-,56+,57+/m0/s1. The fourth-order valence-electron chi connectivity index (χ4n) is 12.3. The molecule has 3 heterocycles. The molecule has 0 bridgehead atoms. The molecular weight excluding hydrogens is 1200 g/mol. The number of rotatable bonds is 34. The van der Waals surface area contributed by atoms with Gasteiger partial charge in [0.25, 0.3) is 11.8 Å². The number of carbonyl (C=O) groups is 11. The van der Waals surface area contributed by atoms with Crippen LogP contribution in [0.25, 0.3) is 0 Å². The van der Waals surface area contributed by atoms with Gasteiger partial charge in [0.1, 0.15) is 30.8 Å². The number of hydrogen-bond donors (Lipinski definition) is 9. The summed E-state index contributed by atoms with van der Waals surface area (Å²) in [5.41, 5.74) is 5.15. The minimum Gasteiger partial charge on any atom is -0.445 e. The number of imide groups is 1. The van der Waals surface area contributed by atoms with Crippen LogP contribution < -0.4 is 43.0 Å². The first-order chi connectivity index (χ1) is 43.9. The number of nitrogens with one attached hydrogen (secondary N) is 7. The van der Waals surface area contributed by atoms with Crippen molar-refractivity contribution in [3.8, 4) is 0 Å². The molecule has 27 heteroatoms. The van der Waals surface area contributed by atoms with E-state index in [9.17, 15) is 57.8 Å². The molecule has 12 amide bonds. The first-order valence-electron chi connectivity index (χ1n) is 32.1. The van der Waals surface area contributed by atoms with Crippen molar-refractivity contribution >= 4 is 71.0 Å². The van der Waals surface area contributed by atoms with Crippen molar-refractivity contribution in [2.75, 3.05) is 59.8 Å². The quantitative estimate of drug-likeness (QED) is 0.0359. The third-order valence-corrected chi connectivity index (χ3v) is 18.0. The zero-order valence-electron chi connectivity index (χ0n) is 56.3. The fourth-order valence-corrected chi connectivity index (χ4v) is 12.3. The van der Waals surface area contributed by atoms with Gasteiger partial charge in [-0.1, -0.05) is 111 Å². The molecule has 0 radical (unpaired) electrons. The lowest BCUT2D eigenvalue weighted by Crippen LogP contribution is -2.77. The number of primary amides is 1. The predicted octanol–water partition coefficient (Wildman–Crippen LogP) is 2.86. The third-order valence-electron chi connectivity index (χ3n) is 18.0. The van der Waals surface area contributed by atoms with Crippen molar-refractivity contribution in [3.63, 3.8) is 0 Å². The molecule has 3 aliphatic rings. The molecule has 93 heavy (non-hydrogen) atoms. The van der Waals surface area contributed by atoms with Crippen molar-refractivity contribution < 1.29 is 72.1 Å². The molecule has 2 aromatic rings. The van der Waals surface area contributed by atoms with Crippen LogP contribution in [0.3, 0.4) is 0 Å². The van der Waals surface area contributed by atoms with Gasteiger partial charge in [0.15, 0.2) is 5.54 Å². The lowest BCUT2D eigenvalue weighted by atomic mass is 9.87. The summed E-state index contributed by atoms with van der Waals surface area (Å²) in [5, 5.41) is 30.4. The number of nitrogens with zero attached hydrogens (tertiary/aromatic N) is 4. The summed E-state index contributed by atoms with van der Waals surface area (Å²) < 4.78 is 17.7. The number of methoxy groups -OCH3 is 2. The van der Waals surface area contributed by atoms with Gasteiger partial charge >= 0.3 is 12.1 Å². The highest BCUT2D eigenvalue weighted by atomic mass is 16.6. The van der Waals surface area contributed by atoms with Crippen LogP contribution in [0.4, 0.5) is 15.3 Å². The molecule has 0 saturated carbocycles. The Bertz CT molecular complexity index is 2940. The molecule has 3 aliphatic heterocycles. The second-order valence-corrected chi connectivity index (χ2v) is 25.7. The first-order valence-corrected chi connectivity index (χ1v) is 32.1. The van der Waals surface area contributed by atoms with Crippen molar-refractivity contribution in [3.05, 3.63) is 77.9 Å². The van der Waals surface area contributed by atoms with E-state index in [0.717, 1.165) is 22.0 Å². The molecule has 10 N–H and O–H groups in total. The number of likely N-dealkylation sites (N-methyl/N-ethyl adjacent to an activating group) is 2. The maximum Gasteiger partial charge on any atom is 0.410 e. The molecule has 2 fully saturated rings. The van der Waals surface area contributed by atoms with E-state index >= 15 is 0 Å². The molecule has 0 spiro atoms. The number of urea groups is 1. The number of anilines is 1. The summed E-state index contributed by atoms with van der Waals surface area (Å²) in [7, 11) is 6.06. The Balaban J connectivity index is 1.20. The zero-order valence-corrected chi connectivity index (χ0v) is 56.3. The van der Waals surface area contributed by atoms with Crippen molar-refractivity contribution in [2.24, 2.45) is 35.3 Å². The molecule has 2 saturated heterocycles. The summed E-state index contributed by atoms with van der Waals surface area (Å²) in [6.45, 7) is 18.1. The van der Waals surface area contributed by atoms with Gasteiger partial charge in [0.05, 0.1) is 48.8 Å². The highest BCUT2D eigenvalue weighted by Gasteiger charge is 2.55. The maximum atomic E-state index is 14.8. The Morgan fingerprint density at radius 2 is 1.38 bits per heavy atom. The van der Waals surface area contributed by atoms with E-state index < -0.39 is 143 Å². The number of nitrogens with two attached hydrogens (primary N) is 1. The van der Waals surface area contributed by atoms with Crippen LogP contribution in [0.1, 0.15) is 125 Å². The van der Waals surface area contributed by atoms with E-state index in [-0.39, 0.29) is 63.2 Å². The molecule has 0 aromatic heterocycles. The van der Waals surface area contributed by atoms with Crippen molar-refractivity contribution in [1.82, 2.24) is 51.5 Å². The number of likely N-dealkylation sites (tertiary alicyclic amines) is 1. The molecule has 27 nitrogen and oxygen atoms in total. The molecule has 5 rings (SSSR count). The van der Waals surface area contributed by atoms with Gasteiger partial charge in [-0.15, -0.1) is 0 Å². The Kier molecular flexibility index (Phi) is 28.3. The number of benzene rings is 2. The predicted molar refractivity (Wildman–Crippen MR) is 346 cm³/mol.